The molecule has 0 unspecified atom stereocenters. The quantitative estimate of drug-likeness (QED) is 0.422. The lowest BCUT2D eigenvalue weighted by molar-refractivity contribution is -0.384. The number of hydrogen-bond acceptors (Lipinski definition) is 7. The maximum Gasteiger partial charge on any atom is 0.276 e. The lowest BCUT2D eigenvalue weighted by Crippen LogP contribution is -2.38. The number of aromatic nitrogens is 3. The van der Waals surface area contributed by atoms with Gasteiger partial charge in [-0.1, -0.05) is 17.3 Å². The number of nitrogens with zero attached hydrogens (tertiary/aromatic N) is 5. The third kappa shape index (κ3) is 4.89. The topological polar surface area (TPSA) is 132 Å². The lowest BCUT2D eigenvalue weighted by atomic mass is 10.2. The van der Waals surface area contributed by atoms with Crippen LogP contribution in [0.2, 0.25) is 0 Å². The molecule has 0 atom stereocenters. The van der Waals surface area contributed by atoms with Gasteiger partial charge in [-0.3, -0.25) is 19.7 Å². The fourth-order valence-electron chi connectivity index (χ4n) is 3.06. The molecule has 0 saturated carbocycles. The molecule has 2 aromatic carbocycles. The number of nitrogens with one attached hydrogen (secondary N) is 1. The van der Waals surface area contributed by atoms with Gasteiger partial charge in [-0.2, -0.15) is 0 Å². The van der Waals surface area contributed by atoms with Crippen LogP contribution < -0.4 is 10.1 Å². The average molecular weight is 438 g/mol. The van der Waals surface area contributed by atoms with E-state index in [1.165, 1.54) is 34.9 Å². The molecule has 0 bridgehead atoms. The fourth-order valence-corrected chi connectivity index (χ4v) is 3.06. The van der Waals surface area contributed by atoms with Crippen LogP contribution in [0.4, 0.5) is 11.4 Å². The summed E-state index contributed by atoms with van der Waals surface area (Å²) in [6.07, 6.45) is 0. The van der Waals surface area contributed by atoms with Crippen molar-refractivity contribution in [1.82, 2.24) is 19.9 Å². The first-order valence-corrected chi connectivity index (χ1v) is 9.74. The van der Waals surface area contributed by atoms with E-state index in [1.54, 1.807) is 44.2 Å². The van der Waals surface area contributed by atoms with Crippen molar-refractivity contribution in [3.63, 3.8) is 0 Å². The van der Waals surface area contributed by atoms with Crippen molar-refractivity contribution in [3.8, 4) is 11.4 Å². The SMILES string of the molecule is CCN(CC(=O)Nc1cccc(OC)c1)C(=O)c1nnn(-c2cccc([N+](=O)[O-])c2)c1C. The Balaban J connectivity index is 1.76. The monoisotopic (exact) mass is 438 g/mol. The van der Waals surface area contributed by atoms with Crippen molar-refractivity contribution in [2.24, 2.45) is 0 Å². The summed E-state index contributed by atoms with van der Waals surface area (Å²) in [6, 6.07) is 12.7. The zero-order chi connectivity index (χ0) is 23.3. The van der Waals surface area contributed by atoms with Crippen molar-refractivity contribution < 1.29 is 19.2 Å². The van der Waals surface area contributed by atoms with E-state index in [4.69, 9.17) is 4.74 Å². The molecule has 0 aliphatic heterocycles. The van der Waals surface area contributed by atoms with E-state index >= 15 is 0 Å². The maximum absolute atomic E-state index is 13.0. The molecule has 1 aromatic heterocycles. The van der Waals surface area contributed by atoms with E-state index in [0.29, 0.717) is 22.8 Å². The van der Waals surface area contributed by atoms with E-state index in [2.05, 4.69) is 15.6 Å². The number of non-ortho nitro benzene ring substituents is 1. The smallest absolute Gasteiger partial charge is 0.276 e. The van der Waals surface area contributed by atoms with Gasteiger partial charge in [0.05, 0.1) is 23.4 Å². The van der Waals surface area contributed by atoms with Crippen LogP contribution in [-0.4, -0.2) is 56.8 Å². The second-order valence-corrected chi connectivity index (χ2v) is 6.81. The fraction of sp³-hybridized carbons (Fsp3) is 0.238. The first-order valence-electron chi connectivity index (χ1n) is 9.74. The van der Waals surface area contributed by atoms with Gasteiger partial charge in [-0.15, -0.1) is 5.10 Å². The van der Waals surface area contributed by atoms with Crippen molar-refractivity contribution >= 4 is 23.2 Å². The predicted molar refractivity (Wildman–Crippen MR) is 116 cm³/mol. The highest BCUT2D eigenvalue weighted by Gasteiger charge is 2.24. The Morgan fingerprint density at radius 2 is 1.97 bits per heavy atom. The van der Waals surface area contributed by atoms with Crippen molar-refractivity contribution in [3.05, 3.63) is 70.0 Å². The van der Waals surface area contributed by atoms with Gasteiger partial charge >= 0.3 is 0 Å². The number of anilines is 1. The minimum absolute atomic E-state index is 0.0625. The Bertz CT molecular complexity index is 1160. The summed E-state index contributed by atoms with van der Waals surface area (Å²) in [5, 5.41) is 21.7. The Morgan fingerprint density at radius 3 is 2.66 bits per heavy atom. The molecule has 32 heavy (non-hydrogen) atoms. The Morgan fingerprint density at radius 1 is 1.22 bits per heavy atom. The van der Waals surface area contributed by atoms with Gasteiger partial charge < -0.3 is 15.0 Å². The first-order chi connectivity index (χ1) is 15.3. The van der Waals surface area contributed by atoms with E-state index in [0.717, 1.165) is 0 Å². The average Bonchev–Trinajstić information content (AvgIpc) is 3.18. The molecular weight excluding hydrogens is 416 g/mol. The van der Waals surface area contributed by atoms with Crippen molar-refractivity contribution in [1.29, 1.82) is 0 Å². The number of nitro groups is 1. The molecule has 2 amide bonds. The van der Waals surface area contributed by atoms with E-state index in [-0.39, 0.29) is 30.4 Å². The van der Waals surface area contributed by atoms with Crippen LogP contribution in [0.3, 0.4) is 0 Å². The molecule has 11 nitrogen and oxygen atoms in total. The zero-order valence-electron chi connectivity index (χ0n) is 17.8. The van der Waals surface area contributed by atoms with Crippen LogP contribution in [0.25, 0.3) is 5.69 Å². The van der Waals surface area contributed by atoms with Gasteiger partial charge in [0, 0.05) is 30.4 Å². The van der Waals surface area contributed by atoms with Crippen molar-refractivity contribution in [2.75, 3.05) is 25.5 Å². The maximum atomic E-state index is 13.0. The molecule has 0 saturated heterocycles. The van der Waals surface area contributed by atoms with Crippen LogP contribution in [0.15, 0.2) is 48.5 Å². The summed E-state index contributed by atoms with van der Waals surface area (Å²) >= 11 is 0. The molecule has 166 valence electrons. The largest absolute Gasteiger partial charge is 0.497 e. The number of methoxy groups -OCH3 is 1. The third-order valence-corrected chi connectivity index (χ3v) is 4.74. The highest BCUT2D eigenvalue weighted by Crippen LogP contribution is 2.19. The molecular formula is C21H22N6O5. The number of ether oxygens (including phenoxy) is 1. The molecule has 3 rings (SSSR count). The second-order valence-electron chi connectivity index (χ2n) is 6.81. The van der Waals surface area contributed by atoms with Crippen LogP contribution >= 0.6 is 0 Å². The van der Waals surface area contributed by atoms with Crippen LogP contribution in [-0.2, 0) is 4.79 Å². The molecule has 0 fully saturated rings. The first kappa shape index (κ1) is 22.4. The number of carbonyl (C=O) groups is 2. The molecule has 0 spiro atoms. The van der Waals surface area contributed by atoms with Crippen LogP contribution in [0.1, 0.15) is 23.1 Å². The normalized spacial score (nSPS) is 10.5. The predicted octanol–water partition coefficient (Wildman–Crippen LogP) is 2.59. The van der Waals surface area contributed by atoms with Gasteiger partial charge in [0.1, 0.15) is 12.3 Å². The minimum atomic E-state index is -0.512. The lowest BCUT2D eigenvalue weighted by Gasteiger charge is -2.19. The molecule has 1 heterocycles. The minimum Gasteiger partial charge on any atom is -0.497 e. The molecule has 0 aliphatic carbocycles. The molecule has 11 heteroatoms. The summed E-state index contributed by atoms with van der Waals surface area (Å²) < 4.78 is 6.49. The van der Waals surface area contributed by atoms with E-state index < -0.39 is 10.8 Å². The third-order valence-electron chi connectivity index (χ3n) is 4.74. The Kier molecular flexibility index (Phi) is 6.78. The van der Waals surface area contributed by atoms with Gasteiger partial charge in [0.2, 0.25) is 5.91 Å². The number of amides is 2. The summed E-state index contributed by atoms with van der Waals surface area (Å²) in [5.41, 5.74) is 1.32. The standard InChI is InChI=1S/C21H22N6O5/c1-4-25(13-19(28)22-15-7-5-10-18(11-15)32-3)21(29)20-14(2)26(24-23-20)16-8-6-9-17(12-16)27(30)31/h5-12H,4,13H2,1-3H3,(H,22,28). The molecule has 0 aliphatic rings. The number of nitro benzene ring substituents is 1. The molecule has 1 N–H and O–H groups in total. The summed E-state index contributed by atoms with van der Waals surface area (Å²) in [7, 11) is 1.53. The van der Waals surface area contributed by atoms with Gasteiger partial charge in [0.15, 0.2) is 5.69 Å². The number of rotatable bonds is 8. The van der Waals surface area contributed by atoms with Gasteiger partial charge in [0.25, 0.3) is 11.6 Å². The van der Waals surface area contributed by atoms with Gasteiger partial charge in [-0.25, -0.2) is 4.68 Å². The van der Waals surface area contributed by atoms with E-state index in [1.807, 2.05) is 0 Å². The van der Waals surface area contributed by atoms with Crippen LogP contribution in [0, 0.1) is 17.0 Å². The van der Waals surface area contributed by atoms with E-state index in [9.17, 15) is 19.7 Å². The highest BCUT2D eigenvalue weighted by atomic mass is 16.6. The molecule has 3 aromatic rings. The van der Waals surface area contributed by atoms with Crippen LogP contribution in [0.5, 0.6) is 5.75 Å². The van der Waals surface area contributed by atoms with Gasteiger partial charge in [-0.05, 0) is 32.0 Å². The summed E-state index contributed by atoms with van der Waals surface area (Å²) in [4.78, 5) is 37.3. The Hall–Kier alpha value is -4.28. The zero-order valence-corrected chi connectivity index (χ0v) is 17.8. The molecule has 0 radical (unpaired) electrons. The highest BCUT2D eigenvalue weighted by molar-refractivity contribution is 5.99. The van der Waals surface area contributed by atoms with Crippen molar-refractivity contribution in [2.45, 2.75) is 13.8 Å². The number of likely N-dealkylation sites (N-methyl/N-ethyl adjacent to an activating group) is 1. The second kappa shape index (κ2) is 9.69. The Labute approximate surface area is 183 Å². The summed E-state index contributed by atoms with van der Waals surface area (Å²) in [5.74, 6) is -0.251. The number of hydrogen-bond donors (Lipinski definition) is 1. The number of benzene rings is 2. The summed E-state index contributed by atoms with van der Waals surface area (Å²) in [6.45, 7) is 3.47. The number of carbonyl (C=O) groups excluding carboxylic acids is 2.